The summed E-state index contributed by atoms with van der Waals surface area (Å²) in [5.41, 5.74) is 1.00. The number of amides is 1. The molecule has 2 heterocycles. The summed E-state index contributed by atoms with van der Waals surface area (Å²) in [6, 6.07) is 4.71. The molecule has 0 bridgehead atoms. The number of hydrogen-bond donors (Lipinski definition) is 2. The smallest absolute Gasteiger partial charge is 0.404 e. The lowest BCUT2D eigenvalue weighted by Gasteiger charge is -2.04. The molecule has 0 fully saturated rings. The fourth-order valence-electron chi connectivity index (χ4n) is 1.42. The quantitative estimate of drug-likeness (QED) is 0.835. The molecular weight excluding hydrogens is 224 g/mol. The lowest BCUT2D eigenvalue weighted by molar-refractivity contribution is 0.194. The van der Waals surface area contributed by atoms with Gasteiger partial charge in [-0.05, 0) is 11.6 Å². The van der Waals surface area contributed by atoms with Gasteiger partial charge in [0.25, 0.3) is 5.56 Å². The molecule has 6 nitrogen and oxygen atoms in total. The second-order valence-corrected chi connectivity index (χ2v) is 3.38. The zero-order valence-electron chi connectivity index (χ0n) is 8.79. The molecule has 2 aromatic heterocycles. The van der Waals surface area contributed by atoms with Gasteiger partial charge in [0.2, 0.25) is 0 Å². The van der Waals surface area contributed by atoms with Gasteiger partial charge >= 0.3 is 6.09 Å². The Bertz CT molecular complexity index is 571. The predicted octanol–water partition coefficient (Wildman–Crippen LogP) is 1.20. The summed E-state index contributed by atoms with van der Waals surface area (Å²) >= 11 is 0. The highest BCUT2D eigenvalue weighted by molar-refractivity contribution is 5.64. The van der Waals surface area contributed by atoms with Crippen molar-refractivity contribution in [2.24, 2.45) is 0 Å². The molecule has 17 heavy (non-hydrogen) atoms. The summed E-state index contributed by atoms with van der Waals surface area (Å²) in [6.45, 7) is 0.108. The topological polar surface area (TPSA) is 84.5 Å². The summed E-state index contributed by atoms with van der Waals surface area (Å²) in [5.74, 6) is 0. The Labute approximate surface area is 96.1 Å². The maximum absolute atomic E-state index is 11.7. The van der Waals surface area contributed by atoms with Crippen LogP contribution < -0.4 is 10.9 Å². The van der Waals surface area contributed by atoms with E-state index in [0.29, 0.717) is 11.3 Å². The molecule has 0 aromatic carbocycles. The van der Waals surface area contributed by atoms with Gasteiger partial charge in [0.15, 0.2) is 0 Å². The lowest BCUT2D eigenvalue weighted by Crippen LogP contribution is -2.22. The number of pyridine rings is 1. The molecule has 0 aliphatic heterocycles. The largest absolute Gasteiger partial charge is 0.470 e. The van der Waals surface area contributed by atoms with Crippen molar-refractivity contribution < 1.29 is 14.3 Å². The minimum absolute atomic E-state index is 0.108. The Morgan fingerprint density at radius 2 is 2.29 bits per heavy atom. The minimum Gasteiger partial charge on any atom is -0.470 e. The maximum Gasteiger partial charge on any atom is 0.404 e. The SMILES string of the molecule is O=C(O)NCc1ccn(-c2ccoc2)c(=O)c1. The lowest BCUT2D eigenvalue weighted by atomic mass is 10.2. The number of carbonyl (C=O) groups is 1. The number of aromatic nitrogens is 1. The van der Waals surface area contributed by atoms with Gasteiger partial charge < -0.3 is 14.8 Å². The molecule has 0 unspecified atom stereocenters. The molecule has 0 aliphatic rings. The number of furan rings is 1. The number of rotatable bonds is 3. The first-order chi connectivity index (χ1) is 8.16. The highest BCUT2D eigenvalue weighted by Gasteiger charge is 2.03. The van der Waals surface area contributed by atoms with Crippen molar-refractivity contribution in [2.75, 3.05) is 0 Å². The molecule has 0 saturated heterocycles. The van der Waals surface area contributed by atoms with E-state index in [1.54, 1.807) is 18.3 Å². The Morgan fingerprint density at radius 1 is 1.47 bits per heavy atom. The fourth-order valence-corrected chi connectivity index (χ4v) is 1.42. The van der Waals surface area contributed by atoms with Crippen molar-refractivity contribution in [1.82, 2.24) is 9.88 Å². The van der Waals surface area contributed by atoms with Gasteiger partial charge in [0.05, 0.1) is 12.0 Å². The number of nitrogens with one attached hydrogen (secondary N) is 1. The van der Waals surface area contributed by atoms with Crippen LogP contribution in [-0.2, 0) is 6.54 Å². The van der Waals surface area contributed by atoms with Crippen LogP contribution >= 0.6 is 0 Å². The van der Waals surface area contributed by atoms with E-state index in [-0.39, 0.29) is 12.1 Å². The van der Waals surface area contributed by atoms with Crippen LogP contribution in [0.25, 0.3) is 5.69 Å². The molecule has 1 amide bonds. The summed E-state index contributed by atoms with van der Waals surface area (Å²) in [6.07, 6.45) is 3.38. The van der Waals surface area contributed by atoms with Gasteiger partial charge in [-0.1, -0.05) is 0 Å². The van der Waals surface area contributed by atoms with Gasteiger partial charge in [-0.25, -0.2) is 4.79 Å². The fraction of sp³-hybridized carbons (Fsp3) is 0.0909. The third kappa shape index (κ3) is 2.54. The second-order valence-electron chi connectivity index (χ2n) is 3.38. The van der Waals surface area contributed by atoms with Crippen LogP contribution in [0.3, 0.4) is 0 Å². The van der Waals surface area contributed by atoms with E-state index in [0.717, 1.165) is 0 Å². The van der Waals surface area contributed by atoms with Gasteiger partial charge in [0, 0.05) is 24.9 Å². The molecule has 0 radical (unpaired) electrons. The van der Waals surface area contributed by atoms with E-state index in [1.807, 2.05) is 0 Å². The van der Waals surface area contributed by atoms with Crippen LogP contribution in [-0.4, -0.2) is 15.8 Å². The standard InChI is InChI=1S/C11H10N2O4/c14-10-5-8(6-12-11(15)16)1-3-13(10)9-2-4-17-7-9/h1-5,7,12H,6H2,(H,15,16). The third-order valence-electron chi connectivity index (χ3n) is 2.21. The third-order valence-corrected chi connectivity index (χ3v) is 2.21. The summed E-state index contributed by atoms with van der Waals surface area (Å²) < 4.78 is 6.29. The van der Waals surface area contributed by atoms with E-state index in [1.165, 1.54) is 23.2 Å². The van der Waals surface area contributed by atoms with Crippen molar-refractivity contribution in [2.45, 2.75) is 6.54 Å². The Kier molecular flexibility index (Phi) is 2.95. The van der Waals surface area contributed by atoms with E-state index in [2.05, 4.69) is 5.32 Å². The maximum atomic E-state index is 11.7. The summed E-state index contributed by atoms with van der Waals surface area (Å²) in [5, 5.41) is 10.6. The molecule has 0 spiro atoms. The van der Waals surface area contributed by atoms with Crippen molar-refractivity contribution in [3.8, 4) is 5.69 Å². The van der Waals surface area contributed by atoms with Crippen LogP contribution in [0, 0.1) is 0 Å². The molecule has 0 atom stereocenters. The van der Waals surface area contributed by atoms with E-state index in [9.17, 15) is 9.59 Å². The average Bonchev–Trinajstić information content (AvgIpc) is 2.79. The van der Waals surface area contributed by atoms with Crippen molar-refractivity contribution in [3.63, 3.8) is 0 Å². The van der Waals surface area contributed by atoms with Gasteiger partial charge in [-0.2, -0.15) is 0 Å². The highest BCUT2D eigenvalue weighted by atomic mass is 16.4. The molecule has 2 N–H and O–H groups in total. The van der Waals surface area contributed by atoms with E-state index in [4.69, 9.17) is 9.52 Å². The predicted molar refractivity (Wildman–Crippen MR) is 59.2 cm³/mol. The molecular formula is C11H10N2O4. The molecule has 88 valence electrons. The van der Waals surface area contributed by atoms with Crippen molar-refractivity contribution in [3.05, 3.63) is 52.8 Å². The van der Waals surface area contributed by atoms with Crippen LogP contribution in [0.2, 0.25) is 0 Å². The molecule has 2 aromatic rings. The molecule has 0 aliphatic carbocycles. The monoisotopic (exact) mass is 234 g/mol. The Balaban J connectivity index is 2.23. The highest BCUT2D eigenvalue weighted by Crippen LogP contribution is 2.05. The first-order valence-electron chi connectivity index (χ1n) is 4.88. The van der Waals surface area contributed by atoms with Crippen LogP contribution in [0.15, 0.2) is 46.1 Å². The normalized spacial score (nSPS) is 10.1. The minimum atomic E-state index is -1.12. The average molecular weight is 234 g/mol. The van der Waals surface area contributed by atoms with Crippen LogP contribution in [0.1, 0.15) is 5.56 Å². The van der Waals surface area contributed by atoms with E-state index < -0.39 is 6.09 Å². The number of hydrogen-bond acceptors (Lipinski definition) is 3. The molecule has 6 heteroatoms. The first kappa shape index (κ1) is 11.0. The van der Waals surface area contributed by atoms with Crippen LogP contribution in [0.5, 0.6) is 0 Å². The second kappa shape index (κ2) is 4.56. The van der Waals surface area contributed by atoms with Gasteiger partial charge in [0.1, 0.15) is 6.26 Å². The van der Waals surface area contributed by atoms with Gasteiger partial charge in [-0.3, -0.25) is 9.36 Å². The van der Waals surface area contributed by atoms with Crippen LogP contribution in [0.4, 0.5) is 4.79 Å². The summed E-state index contributed by atoms with van der Waals surface area (Å²) in [4.78, 5) is 22.0. The zero-order chi connectivity index (χ0) is 12.3. The first-order valence-corrected chi connectivity index (χ1v) is 4.88. The van der Waals surface area contributed by atoms with Crippen molar-refractivity contribution >= 4 is 6.09 Å². The van der Waals surface area contributed by atoms with Gasteiger partial charge in [-0.15, -0.1) is 0 Å². The Morgan fingerprint density at radius 3 is 2.88 bits per heavy atom. The molecule has 0 saturated carbocycles. The Hall–Kier alpha value is -2.50. The molecule has 2 rings (SSSR count). The van der Waals surface area contributed by atoms with E-state index >= 15 is 0 Å². The number of nitrogens with zero attached hydrogens (tertiary/aromatic N) is 1. The van der Waals surface area contributed by atoms with Crippen molar-refractivity contribution in [1.29, 1.82) is 0 Å². The zero-order valence-corrected chi connectivity index (χ0v) is 8.79. The number of carboxylic acid groups (broad SMARTS) is 1. The summed E-state index contributed by atoms with van der Waals surface area (Å²) in [7, 11) is 0.